The van der Waals surface area contributed by atoms with Crippen LogP contribution in [0.25, 0.3) is 0 Å². The molecule has 3 N–H and O–H groups in total. The number of ether oxygens (including phenoxy) is 1. The fourth-order valence-corrected chi connectivity index (χ4v) is 2.38. The maximum absolute atomic E-state index is 12.0. The van der Waals surface area contributed by atoms with Crippen LogP contribution in [0.5, 0.6) is 5.75 Å². The lowest BCUT2D eigenvalue weighted by Gasteiger charge is -2.15. The summed E-state index contributed by atoms with van der Waals surface area (Å²) in [6.07, 6.45) is 2.71. The van der Waals surface area contributed by atoms with E-state index in [1.807, 2.05) is 26.0 Å². The van der Waals surface area contributed by atoms with E-state index in [0.717, 1.165) is 35.4 Å². The maximum Gasteiger partial charge on any atom is 0.225 e. The van der Waals surface area contributed by atoms with E-state index in [1.165, 1.54) is 0 Å². The molecule has 19 heavy (non-hydrogen) atoms. The first-order valence-electron chi connectivity index (χ1n) is 6.72. The van der Waals surface area contributed by atoms with E-state index in [1.54, 1.807) is 7.11 Å². The summed E-state index contributed by atoms with van der Waals surface area (Å²) in [6, 6.07) is 3.85. The summed E-state index contributed by atoms with van der Waals surface area (Å²) in [7, 11) is 1.64. The van der Waals surface area contributed by atoms with Gasteiger partial charge in [-0.2, -0.15) is 0 Å². The van der Waals surface area contributed by atoms with Gasteiger partial charge in [-0.25, -0.2) is 0 Å². The van der Waals surface area contributed by atoms with Gasteiger partial charge in [-0.15, -0.1) is 0 Å². The molecule has 0 spiro atoms. The molecule has 1 saturated carbocycles. The van der Waals surface area contributed by atoms with Crippen LogP contribution in [-0.2, 0) is 4.79 Å². The van der Waals surface area contributed by atoms with Crippen molar-refractivity contribution in [1.82, 2.24) is 0 Å². The second-order valence-electron chi connectivity index (χ2n) is 5.34. The minimum atomic E-state index is -0.0200. The number of hydrogen-bond donors (Lipinski definition) is 2. The molecule has 1 fully saturated rings. The third-order valence-corrected chi connectivity index (χ3v) is 3.73. The quantitative estimate of drug-likeness (QED) is 0.856. The molecule has 0 bridgehead atoms. The van der Waals surface area contributed by atoms with E-state index in [-0.39, 0.29) is 11.9 Å². The molecule has 1 aromatic carbocycles. The SMILES string of the molecule is COc1c(C)ccc(NC(=O)CC(N)C2CC2)c1C. The zero-order valence-electron chi connectivity index (χ0n) is 11.8. The van der Waals surface area contributed by atoms with Crippen LogP contribution in [-0.4, -0.2) is 19.1 Å². The fourth-order valence-electron chi connectivity index (χ4n) is 2.38. The van der Waals surface area contributed by atoms with Crippen LogP contribution in [0.4, 0.5) is 5.69 Å². The van der Waals surface area contributed by atoms with Crippen molar-refractivity contribution in [3.63, 3.8) is 0 Å². The van der Waals surface area contributed by atoms with Crippen LogP contribution < -0.4 is 15.8 Å². The van der Waals surface area contributed by atoms with E-state index in [4.69, 9.17) is 10.5 Å². The van der Waals surface area contributed by atoms with E-state index in [0.29, 0.717) is 12.3 Å². The van der Waals surface area contributed by atoms with E-state index in [2.05, 4.69) is 5.32 Å². The molecule has 1 amide bonds. The van der Waals surface area contributed by atoms with Gasteiger partial charge in [0.25, 0.3) is 0 Å². The highest BCUT2D eigenvalue weighted by Crippen LogP contribution is 2.33. The van der Waals surface area contributed by atoms with Crippen molar-refractivity contribution >= 4 is 11.6 Å². The van der Waals surface area contributed by atoms with Crippen LogP contribution in [0.3, 0.4) is 0 Å². The van der Waals surface area contributed by atoms with Gasteiger partial charge in [-0.1, -0.05) is 6.07 Å². The Balaban J connectivity index is 2.03. The molecule has 104 valence electrons. The summed E-state index contributed by atoms with van der Waals surface area (Å²) in [5.74, 6) is 1.34. The van der Waals surface area contributed by atoms with E-state index >= 15 is 0 Å². The largest absolute Gasteiger partial charge is 0.496 e. The Labute approximate surface area is 114 Å². The number of nitrogens with two attached hydrogens (primary N) is 1. The summed E-state index contributed by atoms with van der Waals surface area (Å²) in [5.41, 5.74) is 8.78. The second-order valence-corrected chi connectivity index (χ2v) is 5.34. The molecule has 1 atom stereocenters. The summed E-state index contributed by atoms with van der Waals surface area (Å²) < 4.78 is 5.35. The molecule has 1 unspecified atom stereocenters. The lowest BCUT2D eigenvalue weighted by Crippen LogP contribution is -2.29. The van der Waals surface area contributed by atoms with Crippen molar-refractivity contribution < 1.29 is 9.53 Å². The number of aryl methyl sites for hydroxylation is 1. The first kappa shape index (κ1) is 13.9. The van der Waals surface area contributed by atoms with Gasteiger partial charge in [0.1, 0.15) is 5.75 Å². The van der Waals surface area contributed by atoms with E-state index < -0.39 is 0 Å². The monoisotopic (exact) mass is 262 g/mol. The van der Waals surface area contributed by atoms with Gasteiger partial charge in [0, 0.05) is 23.7 Å². The number of hydrogen-bond acceptors (Lipinski definition) is 3. The Morgan fingerprint density at radius 2 is 2.16 bits per heavy atom. The van der Waals surface area contributed by atoms with E-state index in [9.17, 15) is 4.79 Å². The summed E-state index contributed by atoms with van der Waals surface area (Å²) in [4.78, 5) is 12.0. The highest BCUT2D eigenvalue weighted by molar-refractivity contribution is 5.92. The van der Waals surface area contributed by atoms with Crippen molar-refractivity contribution in [2.24, 2.45) is 11.7 Å². The molecular formula is C15H22N2O2. The average molecular weight is 262 g/mol. The van der Waals surface area contributed by atoms with Crippen molar-refractivity contribution in [3.05, 3.63) is 23.3 Å². The number of carbonyl (C=O) groups is 1. The molecule has 0 aromatic heterocycles. The Morgan fingerprint density at radius 1 is 1.47 bits per heavy atom. The molecule has 0 radical (unpaired) electrons. The smallest absolute Gasteiger partial charge is 0.225 e. The maximum atomic E-state index is 12.0. The van der Waals surface area contributed by atoms with Gasteiger partial charge >= 0.3 is 0 Å². The van der Waals surface area contributed by atoms with Crippen LogP contribution in [0, 0.1) is 19.8 Å². The molecule has 0 aliphatic heterocycles. The first-order valence-corrected chi connectivity index (χ1v) is 6.72. The molecule has 0 heterocycles. The third kappa shape index (κ3) is 3.26. The van der Waals surface area contributed by atoms with Crippen molar-refractivity contribution in [1.29, 1.82) is 0 Å². The zero-order chi connectivity index (χ0) is 14.0. The lowest BCUT2D eigenvalue weighted by atomic mass is 10.1. The molecule has 4 heteroatoms. The topological polar surface area (TPSA) is 64.3 Å². The van der Waals surface area contributed by atoms with Crippen LogP contribution in [0.15, 0.2) is 12.1 Å². The Kier molecular flexibility index (Phi) is 4.10. The minimum absolute atomic E-state index is 0.00681. The van der Waals surface area contributed by atoms with Crippen molar-refractivity contribution in [2.45, 2.75) is 39.2 Å². The lowest BCUT2D eigenvalue weighted by molar-refractivity contribution is -0.116. The molecular weight excluding hydrogens is 240 g/mol. The van der Waals surface area contributed by atoms with Gasteiger partial charge in [0.15, 0.2) is 0 Å². The molecule has 0 saturated heterocycles. The number of carbonyl (C=O) groups excluding carboxylic acids is 1. The highest BCUT2D eigenvalue weighted by atomic mass is 16.5. The van der Waals surface area contributed by atoms with Crippen molar-refractivity contribution in [3.8, 4) is 5.75 Å². The molecule has 1 aromatic rings. The van der Waals surface area contributed by atoms with Gasteiger partial charge < -0.3 is 15.8 Å². The number of anilines is 1. The molecule has 1 aliphatic carbocycles. The first-order chi connectivity index (χ1) is 9.02. The predicted octanol–water partition coefficient (Wildman–Crippen LogP) is 2.38. The molecule has 2 rings (SSSR count). The third-order valence-electron chi connectivity index (χ3n) is 3.73. The number of methoxy groups -OCH3 is 1. The highest BCUT2D eigenvalue weighted by Gasteiger charge is 2.29. The number of nitrogens with one attached hydrogen (secondary N) is 1. The van der Waals surface area contributed by atoms with Gasteiger partial charge in [-0.05, 0) is 44.2 Å². The second kappa shape index (κ2) is 5.61. The van der Waals surface area contributed by atoms with Crippen molar-refractivity contribution in [2.75, 3.05) is 12.4 Å². The molecule has 4 nitrogen and oxygen atoms in total. The fraction of sp³-hybridized carbons (Fsp3) is 0.533. The van der Waals surface area contributed by atoms with Gasteiger partial charge in [0.05, 0.1) is 7.11 Å². The number of rotatable bonds is 5. The Bertz CT molecular complexity index is 481. The minimum Gasteiger partial charge on any atom is -0.496 e. The summed E-state index contributed by atoms with van der Waals surface area (Å²) in [6.45, 7) is 3.93. The van der Waals surface area contributed by atoms with Crippen LogP contribution in [0.2, 0.25) is 0 Å². The normalized spacial score (nSPS) is 16.0. The molecule has 1 aliphatic rings. The van der Waals surface area contributed by atoms with Crippen LogP contribution in [0.1, 0.15) is 30.4 Å². The number of amides is 1. The Morgan fingerprint density at radius 3 is 2.74 bits per heavy atom. The average Bonchev–Trinajstić information content (AvgIpc) is 3.17. The van der Waals surface area contributed by atoms with Crippen LogP contribution >= 0.6 is 0 Å². The van der Waals surface area contributed by atoms with Gasteiger partial charge in [-0.3, -0.25) is 4.79 Å². The summed E-state index contributed by atoms with van der Waals surface area (Å²) in [5, 5.41) is 2.93. The van der Waals surface area contributed by atoms with Gasteiger partial charge in [0.2, 0.25) is 5.91 Å². The standard InChI is InChI=1S/C15H22N2O2/c1-9-4-7-13(10(2)15(9)19-3)17-14(18)8-12(16)11-5-6-11/h4,7,11-12H,5-6,8,16H2,1-3H3,(H,17,18). The Hall–Kier alpha value is -1.55. The summed E-state index contributed by atoms with van der Waals surface area (Å²) >= 11 is 0. The number of benzene rings is 1. The predicted molar refractivity (Wildman–Crippen MR) is 76.4 cm³/mol. The zero-order valence-corrected chi connectivity index (χ0v) is 11.8.